The summed E-state index contributed by atoms with van der Waals surface area (Å²) in [4.78, 5) is 12.0. The van der Waals surface area contributed by atoms with Crippen LogP contribution in [0.25, 0.3) is 10.2 Å². The number of thiophene rings is 1. The largest absolute Gasteiger partial charge is 0.382 e. The van der Waals surface area contributed by atoms with Gasteiger partial charge in [-0.2, -0.15) is 0 Å². The summed E-state index contributed by atoms with van der Waals surface area (Å²) in [6.45, 7) is 11.5. The third-order valence-corrected chi connectivity index (χ3v) is 5.97. The highest BCUT2D eigenvalue weighted by Gasteiger charge is 2.31. The minimum atomic E-state index is -0.135. The van der Waals surface area contributed by atoms with Gasteiger partial charge in [-0.05, 0) is 38.5 Å². The van der Waals surface area contributed by atoms with Gasteiger partial charge in [0.1, 0.15) is 10.6 Å². The molecule has 0 saturated carbocycles. The first-order valence-electron chi connectivity index (χ1n) is 8.94. The molecule has 0 unspecified atom stereocenters. The van der Waals surface area contributed by atoms with Crippen molar-refractivity contribution in [3.05, 3.63) is 10.4 Å². The Morgan fingerprint density at radius 3 is 2.92 bits per heavy atom. The fraction of sp³-hybridized carbons (Fsp3) is 0.667. The Hall–Kier alpha value is -0.890. The number of aromatic nitrogens is 2. The minimum Gasteiger partial charge on any atom is -0.382 e. The molecule has 1 aliphatic rings. The first kappa shape index (κ1) is 18.9. The molecule has 138 valence electrons. The van der Waals surface area contributed by atoms with Gasteiger partial charge in [0.25, 0.3) is 0 Å². The summed E-state index contributed by atoms with van der Waals surface area (Å²) in [5, 5.41) is 5.57. The molecular weight excluding hydrogens is 354 g/mol. The Labute approximate surface area is 157 Å². The van der Waals surface area contributed by atoms with Crippen LogP contribution in [0.15, 0.2) is 5.16 Å². The van der Waals surface area contributed by atoms with Gasteiger partial charge in [0.05, 0.1) is 17.6 Å². The molecule has 3 heterocycles. The van der Waals surface area contributed by atoms with Crippen LogP contribution in [0, 0.1) is 0 Å². The lowest BCUT2D eigenvalue weighted by Crippen LogP contribution is -2.31. The average molecular weight is 382 g/mol. The van der Waals surface area contributed by atoms with Crippen molar-refractivity contribution in [1.29, 1.82) is 0 Å². The summed E-state index contributed by atoms with van der Waals surface area (Å²) in [6, 6.07) is 0. The maximum atomic E-state index is 5.98. The molecule has 5 nitrogen and oxygen atoms in total. The molecule has 1 N–H and O–H groups in total. The summed E-state index contributed by atoms with van der Waals surface area (Å²) >= 11 is 3.43. The Morgan fingerprint density at radius 1 is 1.32 bits per heavy atom. The molecular formula is C18H27N3O2S2. The van der Waals surface area contributed by atoms with E-state index in [9.17, 15) is 0 Å². The smallest absolute Gasteiger partial charge is 0.190 e. The van der Waals surface area contributed by atoms with Gasteiger partial charge in [0, 0.05) is 31.1 Å². The summed E-state index contributed by atoms with van der Waals surface area (Å²) in [5.74, 6) is 1.93. The van der Waals surface area contributed by atoms with Crippen molar-refractivity contribution in [1.82, 2.24) is 9.97 Å². The number of anilines is 1. The van der Waals surface area contributed by atoms with Crippen LogP contribution in [0.1, 0.15) is 44.6 Å². The van der Waals surface area contributed by atoms with Crippen LogP contribution < -0.4 is 5.32 Å². The van der Waals surface area contributed by atoms with Crippen molar-refractivity contribution in [3.63, 3.8) is 0 Å². The average Bonchev–Trinajstić information content (AvgIpc) is 2.91. The Morgan fingerprint density at radius 2 is 2.16 bits per heavy atom. The number of nitrogens with zero attached hydrogens (tertiary/aromatic N) is 2. The van der Waals surface area contributed by atoms with Crippen LogP contribution in [0.5, 0.6) is 0 Å². The van der Waals surface area contributed by atoms with Gasteiger partial charge in [-0.3, -0.25) is 0 Å². The quantitative estimate of drug-likeness (QED) is 0.413. The second-order valence-corrected chi connectivity index (χ2v) is 8.99. The molecule has 3 rings (SSSR count). The topological polar surface area (TPSA) is 56.3 Å². The lowest BCUT2D eigenvalue weighted by molar-refractivity contribution is -0.0379. The number of rotatable bonds is 8. The number of fused-ring (bicyclic) bond motifs is 3. The molecule has 0 saturated heterocycles. The number of hydrogen-bond donors (Lipinski definition) is 1. The van der Waals surface area contributed by atoms with Crippen LogP contribution >= 0.6 is 23.1 Å². The van der Waals surface area contributed by atoms with Gasteiger partial charge < -0.3 is 14.8 Å². The van der Waals surface area contributed by atoms with Crippen LogP contribution in [0.4, 0.5) is 5.82 Å². The molecule has 0 fully saturated rings. The van der Waals surface area contributed by atoms with Crippen molar-refractivity contribution in [2.24, 2.45) is 0 Å². The Kier molecular flexibility index (Phi) is 6.20. The van der Waals surface area contributed by atoms with E-state index in [1.807, 2.05) is 6.92 Å². The van der Waals surface area contributed by atoms with E-state index in [1.54, 1.807) is 23.1 Å². The molecule has 0 atom stereocenters. The molecule has 0 radical (unpaired) electrons. The first-order valence-corrected chi connectivity index (χ1v) is 10.7. The van der Waals surface area contributed by atoms with Crippen molar-refractivity contribution in [3.8, 4) is 0 Å². The SMILES string of the molecule is CCOCCCNc1nc(SCC)nc2sc3c(c12)CC(C)(C)OC3. The number of ether oxygens (including phenoxy) is 2. The van der Waals surface area contributed by atoms with Crippen molar-refractivity contribution in [2.75, 3.05) is 30.8 Å². The van der Waals surface area contributed by atoms with Gasteiger partial charge in [0.15, 0.2) is 5.16 Å². The summed E-state index contributed by atoms with van der Waals surface area (Å²) < 4.78 is 11.4. The Bertz CT molecular complexity index is 731. The second-order valence-electron chi connectivity index (χ2n) is 6.67. The third kappa shape index (κ3) is 4.45. The zero-order valence-electron chi connectivity index (χ0n) is 15.5. The molecule has 0 amide bonds. The molecule has 1 aliphatic heterocycles. The molecule has 2 aromatic rings. The van der Waals surface area contributed by atoms with Gasteiger partial charge in [-0.15, -0.1) is 11.3 Å². The van der Waals surface area contributed by atoms with E-state index >= 15 is 0 Å². The number of nitrogens with one attached hydrogen (secondary N) is 1. The van der Waals surface area contributed by atoms with Gasteiger partial charge in [-0.25, -0.2) is 9.97 Å². The maximum Gasteiger partial charge on any atom is 0.190 e. The number of thioether (sulfide) groups is 1. The van der Waals surface area contributed by atoms with Gasteiger partial charge in [-0.1, -0.05) is 18.7 Å². The minimum absolute atomic E-state index is 0.135. The molecule has 0 spiro atoms. The van der Waals surface area contributed by atoms with Crippen molar-refractivity contribution < 1.29 is 9.47 Å². The monoisotopic (exact) mass is 381 g/mol. The van der Waals surface area contributed by atoms with Gasteiger partial charge >= 0.3 is 0 Å². The van der Waals surface area contributed by atoms with E-state index in [0.29, 0.717) is 6.61 Å². The maximum absolute atomic E-state index is 5.98. The first-order chi connectivity index (χ1) is 12.0. The summed E-state index contributed by atoms with van der Waals surface area (Å²) in [6.07, 6.45) is 1.87. The van der Waals surface area contributed by atoms with Crippen LogP contribution in [-0.4, -0.2) is 41.1 Å². The van der Waals surface area contributed by atoms with E-state index in [1.165, 1.54) is 15.8 Å². The Balaban J connectivity index is 1.92. The van der Waals surface area contributed by atoms with Crippen LogP contribution in [0.3, 0.4) is 0 Å². The van der Waals surface area contributed by atoms with E-state index in [-0.39, 0.29) is 5.60 Å². The van der Waals surface area contributed by atoms with E-state index < -0.39 is 0 Å². The molecule has 0 aromatic carbocycles. The normalized spacial score (nSPS) is 16.2. The zero-order valence-corrected chi connectivity index (χ0v) is 17.1. The third-order valence-electron chi connectivity index (χ3n) is 4.15. The predicted octanol–water partition coefficient (Wildman–Crippen LogP) is 4.49. The van der Waals surface area contributed by atoms with Crippen LogP contribution in [-0.2, 0) is 22.5 Å². The summed E-state index contributed by atoms with van der Waals surface area (Å²) in [5.41, 5.74) is 1.22. The van der Waals surface area contributed by atoms with Crippen molar-refractivity contribution >= 4 is 39.1 Å². The zero-order chi connectivity index (χ0) is 17.9. The standard InChI is InChI=1S/C18H27N3O2S2/c1-5-22-9-7-8-19-15-14-12-10-18(3,4)23-11-13(12)25-16(14)21-17(20-15)24-6-2/h5-11H2,1-4H3,(H,19,20,21). The highest BCUT2D eigenvalue weighted by molar-refractivity contribution is 7.99. The van der Waals surface area contributed by atoms with E-state index in [2.05, 4.69) is 26.1 Å². The molecule has 0 bridgehead atoms. The second kappa shape index (κ2) is 8.20. The molecule has 2 aromatic heterocycles. The van der Waals surface area contributed by atoms with E-state index in [0.717, 1.165) is 54.2 Å². The highest BCUT2D eigenvalue weighted by Crippen LogP contribution is 2.41. The molecule has 7 heteroatoms. The predicted molar refractivity (Wildman–Crippen MR) is 106 cm³/mol. The van der Waals surface area contributed by atoms with Gasteiger partial charge in [0.2, 0.25) is 0 Å². The highest BCUT2D eigenvalue weighted by atomic mass is 32.2. The number of hydrogen-bond acceptors (Lipinski definition) is 7. The lowest BCUT2D eigenvalue weighted by Gasteiger charge is -2.30. The van der Waals surface area contributed by atoms with E-state index in [4.69, 9.17) is 19.4 Å². The van der Waals surface area contributed by atoms with Crippen molar-refractivity contribution in [2.45, 2.75) is 57.9 Å². The molecule has 0 aliphatic carbocycles. The van der Waals surface area contributed by atoms with Crippen LogP contribution in [0.2, 0.25) is 0 Å². The summed E-state index contributed by atoms with van der Waals surface area (Å²) in [7, 11) is 0. The molecule has 25 heavy (non-hydrogen) atoms. The fourth-order valence-electron chi connectivity index (χ4n) is 2.97. The fourth-order valence-corrected chi connectivity index (χ4v) is 4.70. The lowest BCUT2D eigenvalue weighted by atomic mass is 9.94.